The van der Waals surface area contributed by atoms with Gasteiger partial charge < -0.3 is 10.4 Å². The smallest absolute Gasteiger partial charge is 0.0914 e. The Hall–Kier alpha value is -1.12. The van der Waals surface area contributed by atoms with E-state index in [0.717, 1.165) is 18.5 Å². The van der Waals surface area contributed by atoms with Gasteiger partial charge in [-0.15, -0.1) is 6.58 Å². The Bertz CT molecular complexity index is 373. The predicted octanol–water partition coefficient (Wildman–Crippen LogP) is 1.98. The molecule has 1 aliphatic rings. The van der Waals surface area contributed by atoms with Crippen LogP contribution in [0.15, 0.2) is 30.9 Å². The van der Waals surface area contributed by atoms with E-state index in [0.29, 0.717) is 6.54 Å². The minimum atomic E-state index is -0.411. The molecule has 0 amide bonds. The van der Waals surface area contributed by atoms with E-state index < -0.39 is 6.10 Å². The molecule has 1 aliphatic carbocycles. The third-order valence-electron chi connectivity index (χ3n) is 3.13. The molecule has 0 heterocycles. The van der Waals surface area contributed by atoms with Gasteiger partial charge in [-0.05, 0) is 36.0 Å². The SMILES string of the molecule is C=CCNCC(O)c1ccc2c(c1)CCC2. The number of aliphatic hydroxyl groups is 1. The fourth-order valence-corrected chi connectivity index (χ4v) is 2.24. The van der Waals surface area contributed by atoms with Gasteiger partial charge in [0.1, 0.15) is 0 Å². The van der Waals surface area contributed by atoms with E-state index in [9.17, 15) is 5.11 Å². The molecule has 1 unspecified atom stereocenters. The Labute approximate surface area is 97.0 Å². The molecule has 2 N–H and O–H groups in total. The molecule has 2 nitrogen and oxygen atoms in total. The number of hydrogen-bond acceptors (Lipinski definition) is 2. The van der Waals surface area contributed by atoms with Gasteiger partial charge >= 0.3 is 0 Å². The minimum Gasteiger partial charge on any atom is -0.387 e. The second kappa shape index (κ2) is 5.28. The Kier molecular flexibility index (Phi) is 3.75. The zero-order valence-corrected chi connectivity index (χ0v) is 9.58. The molecule has 86 valence electrons. The highest BCUT2D eigenvalue weighted by Gasteiger charge is 2.13. The summed E-state index contributed by atoms with van der Waals surface area (Å²) in [6, 6.07) is 6.36. The summed E-state index contributed by atoms with van der Waals surface area (Å²) in [5.41, 5.74) is 3.90. The van der Waals surface area contributed by atoms with Gasteiger partial charge in [0.15, 0.2) is 0 Å². The van der Waals surface area contributed by atoms with Gasteiger partial charge in [0.25, 0.3) is 0 Å². The lowest BCUT2D eigenvalue weighted by atomic mass is 10.0. The first-order valence-corrected chi connectivity index (χ1v) is 5.92. The summed E-state index contributed by atoms with van der Waals surface area (Å²) in [7, 11) is 0. The van der Waals surface area contributed by atoms with Crippen LogP contribution < -0.4 is 5.32 Å². The first-order chi connectivity index (χ1) is 7.81. The predicted molar refractivity (Wildman–Crippen MR) is 66.5 cm³/mol. The molecule has 1 aromatic carbocycles. The Morgan fingerprint density at radius 3 is 3.00 bits per heavy atom. The van der Waals surface area contributed by atoms with Crippen molar-refractivity contribution < 1.29 is 5.11 Å². The summed E-state index contributed by atoms with van der Waals surface area (Å²) in [6.07, 6.45) is 5.00. The van der Waals surface area contributed by atoms with Crippen LogP contribution >= 0.6 is 0 Å². The Morgan fingerprint density at radius 1 is 1.38 bits per heavy atom. The van der Waals surface area contributed by atoms with Crippen LogP contribution in [-0.2, 0) is 12.8 Å². The first kappa shape index (κ1) is 11.4. The molecule has 0 spiro atoms. The number of fused-ring (bicyclic) bond motifs is 1. The maximum absolute atomic E-state index is 9.98. The summed E-state index contributed by atoms with van der Waals surface area (Å²) in [4.78, 5) is 0. The molecular formula is C14H19NO. The molecule has 2 rings (SSSR count). The summed E-state index contributed by atoms with van der Waals surface area (Å²) in [5, 5.41) is 13.1. The molecule has 1 atom stereocenters. The largest absolute Gasteiger partial charge is 0.387 e. The molecular weight excluding hydrogens is 198 g/mol. The molecule has 0 aromatic heterocycles. The zero-order chi connectivity index (χ0) is 11.4. The number of hydrogen-bond donors (Lipinski definition) is 2. The quantitative estimate of drug-likeness (QED) is 0.584. The van der Waals surface area contributed by atoms with Crippen LogP contribution in [0.2, 0.25) is 0 Å². The number of rotatable bonds is 5. The summed E-state index contributed by atoms with van der Waals surface area (Å²) < 4.78 is 0. The van der Waals surface area contributed by atoms with Crippen LogP contribution in [0, 0.1) is 0 Å². The molecule has 2 heteroatoms. The van der Waals surface area contributed by atoms with Crippen LogP contribution in [0.25, 0.3) is 0 Å². The fourth-order valence-electron chi connectivity index (χ4n) is 2.24. The second-order valence-electron chi connectivity index (χ2n) is 4.34. The number of nitrogens with one attached hydrogen (secondary N) is 1. The molecule has 1 aromatic rings. The summed E-state index contributed by atoms with van der Waals surface area (Å²) in [5.74, 6) is 0. The van der Waals surface area contributed by atoms with Gasteiger partial charge in [-0.2, -0.15) is 0 Å². The van der Waals surface area contributed by atoms with Crippen molar-refractivity contribution in [3.63, 3.8) is 0 Å². The Balaban J connectivity index is 2.00. The third-order valence-corrected chi connectivity index (χ3v) is 3.13. The van der Waals surface area contributed by atoms with Gasteiger partial charge in [0.2, 0.25) is 0 Å². The normalized spacial score (nSPS) is 15.8. The maximum Gasteiger partial charge on any atom is 0.0914 e. The average molecular weight is 217 g/mol. The van der Waals surface area contributed by atoms with Crippen molar-refractivity contribution in [2.75, 3.05) is 13.1 Å². The molecule has 0 saturated carbocycles. The van der Waals surface area contributed by atoms with Crippen LogP contribution in [0.4, 0.5) is 0 Å². The summed E-state index contributed by atoms with van der Waals surface area (Å²) in [6.45, 7) is 4.96. The minimum absolute atomic E-state index is 0.411. The average Bonchev–Trinajstić information content (AvgIpc) is 2.76. The molecule has 0 fully saturated rings. The van der Waals surface area contributed by atoms with Gasteiger partial charge in [0, 0.05) is 13.1 Å². The van der Waals surface area contributed by atoms with Crippen molar-refractivity contribution in [1.29, 1.82) is 0 Å². The van der Waals surface area contributed by atoms with Crippen molar-refractivity contribution in [2.24, 2.45) is 0 Å². The molecule has 0 radical (unpaired) electrons. The van der Waals surface area contributed by atoms with Crippen LogP contribution in [0.5, 0.6) is 0 Å². The van der Waals surface area contributed by atoms with E-state index in [1.54, 1.807) is 6.08 Å². The van der Waals surface area contributed by atoms with E-state index >= 15 is 0 Å². The fraction of sp³-hybridized carbons (Fsp3) is 0.429. The van der Waals surface area contributed by atoms with Crippen LogP contribution in [0.3, 0.4) is 0 Å². The van der Waals surface area contributed by atoms with Crippen molar-refractivity contribution in [1.82, 2.24) is 5.32 Å². The first-order valence-electron chi connectivity index (χ1n) is 5.92. The second-order valence-corrected chi connectivity index (χ2v) is 4.34. The van der Waals surface area contributed by atoms with Crippen LogP contribution in [0.1, 0.15) is 29.2 Å². The van der Waals surface area contributed by atoms with Gasteiger partial charge in [-0.3, -0.25) is 0 Å². The Morgan fingerprint density at radius 2 is 2.19 bits per heavy atom. The lowest BCUT2D eigenvalue weighted by Crippen LogP contribution is -2.21. The standard InChI is InChI=1S/C14H19NO/c1-2-8-15-10-14(16)13-7-6-11-4-3-5-12(11)9-13/h2,6-7,9,14-16H,1,3-5,8,10H2. The molecule has 0 bridgehead atoms. The van der Waals surface area contributed by atoms with Crippen molar-refractivity contribution in [3.8, 4) is 0 Å². The van der Waals surface area contributed by atoms with Crippen molar-refractivity contribution >= 4 is 0 Å². The number of benzene rings is 1. The van der Waals surface area contributed by atoms with Gasteiger partial charge in [-0.1, -0.05) is 24.3 Å². The highest BCUT2D eigenvalue weighted by molar-refractivity contribution is 5.36. The van der Waals surface area contributed by atoms with Crippen molar-refractivity contribution in [3.05, 3.63) is 47.5 Å². The number of aliphatic hydroxyl groups excluding tert-OH is 1. The topological polar surface area (TPSA) is 32.3 Å². The van der Waals surface area contributed by atoms with Crippen molar-refractivity contribution in [2.45, 2.75) is 25.4 Å². The maximum atomic E-state index is 9.98. The zero-order valence-electron chi connectivity index (χ0n) is 9.58. The molecule has 0 aliphatic heterocycles. The molecule has 0 saturated heterocycles. The molecule has 16 heavy (non-hydrogen) atoms. The van der Waals surface area contributed by atoms with E-state index in [4.69, 9.17) is 0 Å². The lowest BCUT2D eigenvalue weighted by molar-refractivity contribution is 0.176. The van der Waals surface area contributed by atoms with E-state index in [1.807, 2.05) is 6.07 Å². The van der Waals surface area contributed by atoms with Gasteiger partial charge in [-0.25, -0.2) is 0 Å². The van der Waals surface area contributed by atoms with E-state index in [1.165, 1.54) is 24.0 Å². The van der Waals surface area contributed by atoms with Crippen LogP contribution in [-0.4, -0.2) is 18.2 Å². The highest BCUT2D eigenvalue weighted by atomic mass is 16.3. The third kappa shape index (κ3) is 2.52. The monoisotopic (exact) mass is 217 g/mol. The van der Waals surface area contributed by atoms with E-state index in [2.05, 4.69) is 24.0 Å². The number of aryl methyl sites for hydroxylation is 2. The summed E-state index contributed by atoms with van der Waals surface area (Å²) >= 11 is 0. The lowest BCUT2D eigenvalue weighted by Gasteiger charge is -2.12. The van der Waals surface area contributed by atoms with E-state index in [-0.39, 0.29) is 0 Å². The highest BCUT2D eigenvalue weighted by Crippen LogP contribution is 2.25. The van der Waals surface area contributed by atoms with Gasteiger partial charge in [0.05, 0.1) is 6.10 Å².